The SMILES string of the molecule is COc1cc(C(=O)NCCc2ccc(Cl)s2)cc(OC)c1O. The zero-order chi connectivity index (χ0) is 16.1. The number of halogens is 1. The molecule has 0 fully saturated rings. The van der Waals surface area contributed by atoms with Crippen LogP contribution in [0.3, 0.4) is 0 Å². The second-order valence-corrected chi connectivity index (χ2v) is 6.24. The lowest BCUT2D eigenvalue weighted by molar-refractivity contribution is 0.0953. The van der Waals surface area contributed by atoms with Crippen molar-refractivity contribution in [2.45, 2.75) is 6.42 Å². The molecule has 0 aliphatic rings. The highest BCUT2D eigenvalue weighted by molar-refractivity contribution is 7.16. The molecule has 0 saturated carbocycles. The van der Waals surface area contributed by atoms with Gasteiger partial charge in [-0.05, 0) is 30.7 Å². The summed E-state index contributed by atoms with van der Waals surface area (Å²) >= 11 is 7.35. The maximum absolute atomic E-state index is 12.2. The van der Waals surface area contributed by atoms with Gasteiger partial charge in [-0.15, -0.1) is 11.3 Å². The Bertz CT molecular complexity index is 646. The highest BCUT2D eigenvalue weighted by Crippen LogP contribution is 2.37. The Morgan fingerprint density at radius 3 is 2.41 bits per heavy atom. The molecule has 0 spiro atoms. The molecule has 1 aromatic heterocycles. The summed E-state index contributed by atoms with van der Waals surface area (Å²) < 4.78 is 10.8. The topological polar surface area (TPSA) is 67.8 Å². The van der Waals surface area contributed by atoms with Gasteiger partial charge >= 0.3 is 0 Å². The number of ether oxygens (including phenoxy) is 2. The predicted octanol–water partition coefficient (Wildman–Crippen LogP) is 3.10. The number of phenolic OH excluding ortho intramolecular Hbond substituents is 1. The molecule has 22 heavy (non-hydrogen) atoms. The van der Waals surface area contributed by atoms with Gasteiger partial charge in [0.1, 0.15) is 0 Å². The highest BCUT2D eigenvalue weighted by Gasteiger charge is 2.15. The van der Waals surface area contributed by atoms with E-state index in [1.54, 1.807) is 0 Å². The molecule has 2 N–H and O–H groups in total. The lowest BCUT2D eigenvalue weighted by Crippen LogP contribution is -2.25. The monoisotopic (exact) mass is 341 g/mol. The van der Waals surface area contributed by atoms with Crippen LogP contribution in [0.1, 0.15) is 15.2 Å². The van der Waals surface area contributed by atoms with Gasteiger partial charge in [0, 0.05) is 17.0 Å². The number of aromatic hydroxyl groups is 1. The number of carbonyl (C=O) groups is 1. The minimum absolute atomic E-state index is 0.130. The smallest absolute Gasteiger partial charge is 0.251 e. The van der Waals surface area contributed by atoms with E-state index in [0.29, 0.717) is 18.5 Å². The Hall–Kier alpha value is -1.92. The van der Waals surface area contributed by atoms with Gasteiger partial charge in [0.2, 0.25) is 5.75 Å². The summed E-state index contributed by atoms with van der Waals surface area (Å²) in [6.07, 6.45) is 0.704. The lowest BCUT2D eigenvalue weighted by atomic mass is 10.1. The van der Waals surface area contributed by atoms with E-state index in [2.05, 4.69) is 5.32 Å². The van der Waals surface area contributed by atoms with Gasteiger partial charge in [0.25, 0.3) is 5.91 Å². The minimum atomic E-state index is -0.265. The first-order valence-electron chi connectivity index (χ1n) is 6.52. The van der Waals surface area contributed by atoms with E-state index >= 15 is 0 Å². The van der Waals surface area contributed by atoms with Gasteiger partial charge in [0.15, 0.2) is 11.5 Å². The van der Waals surface area contributed by atoms with Gasteiger partial charge in [-0.25, -0.2) is 0 Å². The Morgan fingerprint density at radius 1 is 1.27 bits per heavy atom. The first-order valence-corrected chi connectivity index (χ1v) is 7.72. The maximum atomic E-state index is 12.2. The number of hydrogen-bond acceptors (Lipinski definition) is 5. The van der Waals surface area contributed by atoms with Crippen LogP contribution in [0.15, 0.2) is 24.3 Å². The number of carbonyl (C=O) groups excluding carboxylic acids is 1. The Balaban J connectivity index is 2.02. The Kier molecular flexibility index (Phi) is 5.51. The number of benzene rings is 1. The van der Waals surface area contributed by atoms with Crippen LogP contribution in [0.25, 0.3) is 0 Å². The molecule has 2 rings (SSSR count). The molecule has 0 bridgehead atoms. The van der Waals surface area contributed by atoms with E-state index < -0.39 is 0 Å². The number of amides is 1. The van der Waals surface area contributed by atoms with Crippen molar-refractivity contribution in [3.63, 3.8) is 0 Å². The summed E-state index contributed by atoms with van der Waals surface area (Å²) in [5.74, 6) is -0.0156. The summed E-state index contributed by atoms with van der Waals surface area (Å²) in [6, 6.07) is 6.70. The van der Waals surface area contributed by atoms with Crippen LogP contribution in [-0.2, 0) is 6.42 Å². The molecule has 1 aromatic carbocycles. The normalized spacial score (nSPS) is 10.3. The molecule has 118 valence electrons. The van der Waals surface area contributed by atoms with Crippen LogP contribution in [0.5, 0.6) is 17.2 Å². The number of nitrogens with one attached hydrogen (secondary N) is 1. The van der Waals surface area contributed by atoms with Gasteiger partial charge in [-0.1, -0.05) is 11.6 Å². The van der Waals surface area contributed by atoms with Gasteiger partial charge in [0.05, 0.1) is 18.6 Å². The minimum Gasteiger partial charge on any atom is -0.502 e. The zero-order valence-corrected chi connectivity index (χ0v) is 13.8. The van der Waals surface area contributed by atoms with Crippen molar-refractivity contribution in [3.8, 4) is 17.2 Å². The average molecular weight is 342 g/mol. The van der Waals surface area contributed by atoms with Crippen LogP contribution in [0, 0.1) is 0 Å². The summed E-state index contributed by atoms with van der Waals surface area (Å²) in [7, 11) is 2.83. The average Bonchev–Trinajstić information content (AvgIpc) is 2.92. The first-order chi connectivity index (χ1) is 10.5. The van der Waals surface area contributed by atoms with Crippen LogP contribution in [0.2, 0.25) is 4.34 Å². The largest absolute Gasteiger partial charge is 0.502 e. The molecule has 0 unspecified atom stereocenters. The molecule has 0 atom stereocenters. The van der Waals surface area contributed by atoms with Crippen molar-refractivity contribution >= 4 is 28.8 Å². The molecule has 1 heterocycles. The molecule has 0 aliphatic heterocycles. The molecule has 1 amide bonds. The van der Waals surface area contributed by atoms with Gasteiger partial charge in [-0.3, -0.25) is 4.79 Å². The fourth-order valence-electron chi connectivity index (χ4n) is 1.91. The number of thiophene rings is 1. The lowest BCUT2D eigenvalue weighted by Gasteiger charge is -2.11. The van der Waals surface area contributed by atoms with E-state index in [0.717, 1.165) is 9.21 Å². The summed E-state index contributed by atoms with van der Waals surface area (Å²) in [6.45, 7) is 0.487. The van der Waals surface area contributed by atoms with Gasteiger partial charge < -0.3 is 19.9 Å². The summed E-state index contributed by atoms with van der Waals surface area (Å²) in [5.41, 5.74) is 0.357. The van der Waals surface area contributed by atoms with Crippen LogP contribution in [0.4, 0.5) is 0 Å². The van der Waals surface area contributed by atoms with E-state index in [1.807, 2.05) is 12.1 Å². The third-order valence-corrected chi connectivity index (χ3v) is 4.32. The van der Waals surface area contributed by atoms with Crippen molar-refractivity contribution < 1.29 is 19.4 Å². The van der Waals surface area contributed by atoms with Crippen molar-refractivity contribution in [1.29, 1.82) is 0 Å². The zero-order valence-electron chi connectivity index (χ0n) is 12.2. The van der Waals surface area contributed by atoms with E-state index in [9.17, 15) is 9.90 Å². The number of phenols is 1. The third-order valence-electron chi connectivity index (χ3n) is 3.03. The Morgan fingerprint density at radius 2 is 1.91 bits per heavy atom. The number of hydrogen-bond donors (Lipinski definition) is 2. The predicted molar refractivity (Wildman–Crippen MR) is 86.6 cm³/mol. The Labute approximate surface area is 137 Å². The molecular formula is C15H16ClNO4S. The summed E-state index contributed by atoms with van der Waals surface area (Å²) in [4.78, 5) is 13.3. The molecular weight excluding hydrogens is 326 g/mol. The highest BCUT2D eigenvalue weighted by atomic mass is 35.5. The van der Waals surface area contributed by atoms with Crippen molar-refractivity contribution in [1.82, 2.24) is 5.32 Å². The van der Waals surface area contributed by atoms with E-state index in [1.165, 1.54) is 37.7 Å². The second-order valence-electron chi connectivity index (χ2n) is 4.44. The van der Waals surface area contributed by atoms with Gasteiger partial charge in [-0.2, -0.15) is 0 Å². The summed E-state index contributed by atoms with van der Waals surface area (Å²) in [5, 5.41) is 12.6. The maximum Gasteiger partial charge on any atom is 0.251 e. The van der Waals surface area contributed by atoms with Crippen molar-refractivity contribution in [2.24, 2.45) is 0 Å². The fourth-order valence-corrected chi connectivity index (χ4v) is 3.00. The molecule has 5 nitrogen and oxygen atoms in total. The molecule has 0 radical (unpaired) electrons. The van der Waals surface area contributed by atoms with E-state index in [-0.39, 0.29) is 23.2 Å². The van der Waals surface area contributed by atoms with Crippen LogP contribution >= 0.6 is 22.9 Å². The van der Waals surface area contributed by atoms with Crippen molar-refractivity contribution in [2.75, 3.05) is 20.8 Å². The van der Waals surface area contributed by atoms with Crippen LogP contribution < -0.4 is 14.8 Å². The fraction of sp³-hybridized carbons (Fsp3) is 0.267. The second kappa shape index (κ2) is 7.38. The quantitative estimate of drug-likeness (QED) is 0.847. The molecule has 7 heteroatoms. The third kappa shape index (κ3) is 3.84. The van der Waals surface area contributed by atoms with Crippen molar-refractivity contribution in [3.05, 3.63) is 39.0 Å². The number of methoxy groups -OCH3 is 2. The molecule has 0 saturated heterocycles. The van der Waals surface area contributed by atoms with E-state index in [4.69, 9.17) is 21.1 Å². The molecule has 2 aromatic rings. The van der Waals surface area contributed by atoms with Crippen LogP contribution in [-0.4, -0.2) is 31.8 Å². The number of rotatable bonds is 6. The standard InChI is InChI=1S/C15H16ClNO4S/c1-20-11-7-9(8-12(21-2)14(11)18)15(19)17-6-5-10-3-4-13(16)22-10/h3-4,7-8,18H,5-6H2,1-2H3,(H,17,19). The first kappa shape index (κ1) is 16.5. The molecule has 0 aliphatic carbocycles.